The van der Waals surface area contributed by atoms with Crippen molar-refractivity contribution in [2.24, 2.45) is 0 Å². The van der Waals surface area contributed by atoms with E-state index in [0.717, 1.165) is 5.69 Å². The molecule has 0 saturated heterocycles. The predicted octanol–water partition coefficient (Wildman–Crippen LogP) is 2.00. The molecule has 1 N–H and O–H groups in total. The van der Waals surface area contributed by atoms with Crippen LogP contribution in [0.15, 0.2) is 42.7 Å². The number of anilines is 1. The Balaban J connectivity index is 2.12. The van der Waals surface area contributed by atoms with E-state index in [4.69, 9.17) is 0 Å². The Labute approximate surface area is 97.5 Å². The second kappa shape index (κ2) is 5.02. The molecule has 86 valence electrons. The molecule has 0 saturated carbocycles. The fourth-order valence-electron chi connectivity index (χ4n) is 1.36. The van der Waals surface area contributed by atoms with Crippen molar-refractivity contribution in [1.82, 2.24) is 9.97 Å². The lowest BCUT2D eigenvalue weighted by molar-refractivity contribution is -0.384. The maximum atomic E-state index is 10.7. The summed E-state index contributed by atoms with van der Waals surface area (Å²) in [5.74, 6) is 0.253. The summed E-state index contributed by atoms with van der Waals surface area (Å²) in [6.45, 7) is 0.401. The van der Waals surface area contributed by atoms with Crippen LogP contribution in [-0.4, -0.2) is 14.9 Å². The Kier molecular flexibility index (Phi) is 3.25. The molecule has 2 heterocycles. The van der Waals surface area contributed by atoms with Gasteiger partial charge in [-0.05, 0) is 18.2 Å². The van der Waals surface area contributed by atoms with Gasteiger partial charge < -0.3 is 5.32 Å². The summed E-state index contributed by atoms with van der Waals surface area (Å²) in [5.41, 5.74) is 0.760. The molecule has 0 radical (unpaired) electrons. The van der Waals surface area contributed by atoms with Crippen LogP contribution in [0.3, 0.4) is 0 Å². The van der Waals surface area contributed by atoms with Crippen LogP contribution in [0.25, 0.3) is 0 Å². The predicted molar refractivity (Wildman–Crippen MR) is 62.5 cm³/mol. The van der Waals surface area contributed by atoms with Crippen LogP contribution >= 0.6 is 0 Å². The van der Waals surface area contributed by atoms with Crippen molar-refractivity contribution < 1.29 is 4.92 Å². The van der Waals surface area contributed by atoms with E-state index >= 15 is 0 Å². The van der Waals surface area contributed by atoms with Crippen LogP contribution < -0.4 is 5.32 Å². The van der Waals surface area contributed by atoms with E-state index in [9.17, 15) is 10.1 Å². The first-order valence-corrected chi connectivity index (χ1v) is 5.00. The maximum absolute atomic E-state index is 10.7. The molecule has 0 bridgehead atoms. The molecule has 0 atom stereocenters. The van der Waals surface area contributed by atoms with Gasteiger partial charge in [0.1, 0.15) is 0 Å². The Morgan fingerprint density at radius 1 is 1.18 bits per heavy atom. The zero-order chi connectivity index (χ0) is 12.1. The third-order valence-electron chi connectivity index (χ3n) is 2.15. The number of aromatic nitrogens is 2. The van der Waals surface area contributed by atoms with Gasteiger partial charge in [-0.25, -0.2) is 4.98 Å². The summed E-state index contributed by atoms with van der Waals surface area (Å²) < 4.78 is 0. The highest BCUT2D eigenvalue weighted by molar-refractivity contribution is 5.55. The molecule has 0 aliphatic heterocycles. The minimum Gasteiger partial charge on any atom is -0.359 e. The van der Waals surface area contributed by atoms with Crippen LogP contribution in [-0.2, 0) is 6.54 Å². The van der Waals surface area contributed by atoms with E-state index in [-0.39, 0.29) is 11.5 Å². The summed E-state index contributed by atoms with van der Waals surface area (Å²) in [6, 6.07) is 8.45. The molecule has 0 unspecified atom stereocenters. The van der Waals surface area contributed by atoms with Crippen LogP contribution in [0.5, 0.6) is 0 Å². The van der Waals surface area contributed by atoms with Gasteiger partial charge >= 0.3 is 5.69 Å². The second-order valence-corrected chi connectivity index (χ2v) is 3.30. The van der Waals surface area contributed by atoms with Gasteiger partial charge in [0, 0.05) is 18.5 Å². The fraction of sp³-hybridized carbons (Fsp3) is 0.0909. The maximum Gasteiger partial charge on any atom is 0.311 e. The number of nitrogens with zero attached hydrogens (tertiary/aromatic N) is 3. The Morgan fingerprint density at radius 2 is 2.00 bits per heavy atom. The lowest BCUT2D eigenvalue weighted by atomic mass is 10.3. The lowest BCUT2D eigenvalue weighted by Gasteiger charge is -2.04. The Hall–Kier alpha value is -2.50. The van der Waals surface area contributed by atoms with Crippen molar-refractivity contribution in [1.29, 1.82) is 0 Å². The van der Waals surface area contributed by atoms with Crippen molar-refractivity contribution in [2.45, 2.75) is 6.54 Å². The summed E-state index contributed by atoms with van der Waals surface area (Å²) in [5, 5.41) is 13.6. The molecule has 6 nitrogen and oxygen atoms in total. The molecular weight excluding hydrogens is 220 g/mol. The third-order valence-corrected chi connectivity index (χ3v) is 2.15. The first-order valence-electron chi connectivity index (χ1n) is 5.00. The number of rotatable bonds is 4. The van der Waals surface area contributed by atoms with Gasteiger partial charge in [-0.2, -0.15) is 0 Å². The van der Waals surface area contributed by atoms with E-state index in [2.05, 4.69) is 15.3 Å². The first kappa shape index (κ1) is 11.0. The summed E-state index contributed by atoms with van der Waals surface area (Å²) in [7, 11) is 0. The van der Waals surface area contributed by atoms with E-state index < -0.39 is 4.92 Å². The minimum atomic E-state index is -0.465. The normalized spacial score (nSPS) is 9.88. The molecule has 0 aliphatic rings. The van der Waals surface area contributed by atoms with Crippen LogP contribution in [0, 0.1) is 10.1 Å². The Bertz CT molecular complexity index is 516. The molecule has 2 aromatic heterocycles. The standard InChI is InChI=1S/C11H10N4O2/c16-15(17)10-5-3-7-13-11(10)14-8-9-4-1-2-6-12-9/h1-7H,8H2,(H,13,14). The number of hydrogen-bond acceptors (Lipinski definition) is 5. The quantitative estimate of drug-likeness (QED) is 0.641. The van der Waals surface area contributed by atoms with Crippen molar-refractivity contribution in [3.63, 3.8) is 0 Å². The molecule has 2 rings (SSSR count). The van der Waals surface area contributed by atoms with Gasteiger partial charge in [-0.15, -0.1) is 0 Å². The smallest absolute Gasteiger partial charge is 0.311 e. The molecule has 0 fully saturated rings. The molecule has 2 aromatic rings. The zero-order valence-electron chi connectivity index (χ0n) is 8.91. The van der Waals surface area contributed by atoms with Crippen LogP contribution in [0.1, 0.15) is 5.69 Å². The zero-order valence-corrected chi connectivity index (χ0v) is 8.91. The molecule has 17 heavy (non-hydrogen) atoms. The van der Waals surface area contributed by atoms with Gasteiger partial charge in [-0.3, -0.25) is 15.1 Å². The number of nitro groups is 1. The van der Waals surface area contributed by atoms with Gasteiger partial charge in [-0.1, -0.05) is 6.07 Å². The van der Waals surface area contributed by atoms with Crippen molar-refractivity contribution in [3.05, 3.63) is 58.5 Å². The van der Waals surface area contributed by atoms with E-state index in [1.165, 1.54) is 18.3 Å². The lowest BCUT2D eigenvalue weighted by Crippen LogP contribution is -2.05. The van der Waals surface area contributed by atoms with Crippen molar-refractivity contribution in [2.75, 3.05) is 5.32 Å². The summed E-state index contributed by atoms with van der Waals surface area (Å²) in [6.07, 6.45) is 3.18. The Morgan fingerprint density at radius 3 is 2.71 bits per heavy atom. The average Bonchev–Trinajstić information content (AvgIpc) is 2.38. The second-order valence-electron chi connectivity index (χ2n) is 3.30. The topological polar surface area (TPSA) is 81.0 Å². The van der Waals surface area contributed by atoms with Crippen molar-refractivity contribution in [3.8, 4) is 0 Å². The van der Waals surface area contributed by atoms with Gasteiger partial charge in [0.05, 0.1) is 17.2 Å². The molecule has 0 aliphatic carbocycles. The van der Waals surface area contributed by atoms with Gasteiger partial charge in [0.25, 0.3) is 0 Å². The van der Waals surface area contributed by atoms with Gasteiger partial charge in [0.2, 0.25) is 5.82 Å². The SMILES string of the molecule is O=[N+]([O-])c1cccnc1NCc1ccccn1. The minimum absolute atomic E-state index is 0.0385. The third kappa shape index (κ3) is 2.75. The number of nitrogens with one attached hydrogen (secondary N) is 1. The van der Waals surface area contributed by atoms with E-state index in [1.54, 1.807) is 6.20 Å². The molecule has 0 spiro atoms. The molecular formula is C11H10N4O2. The number of hydrogen-bond donors (Lipinski definition) is 1. The first-order chi connectivity index (χ1) is 8.27. The highest BCUT2D eigenvalue weighted by Crippen LogP contribution is 2.20. The number of pyridine rings is 2. The highest BCUT2D eigenvalue weighted by Gasteiger charge is 2.13. The van der Waals surface area contributed by atoms with Crippen LogP contribution in [0.2, 0.25) is 0 Å². The molecule has 6 heteroatoms. The van der Waals surface area contributed by atoms with Gasteiger partial charge in [0.15, 0.2) is 0 Å². The van der Waals surface area contributed by atoms with E-state index in [1.807, 2.05) is 18.2 Å². The largest absolute Gasteiger partial charge is 0.359 e. The van der Waals surface area contributed by atoms with Crippen LogP contribution in [0.4, 0.5) is 11.5 Å². The van der Waals surface area contributed by atoms with Crippen molar-refractivity contribution >= 4 is 11.5 Å². The molecule has 0 aromatic carbocycles. The summed E-state index contributed by atoms with van der Waals surface area (Å²) in [4.78, 5) is 18.3. The highest BCUT2D eigenvalue weighted by atomic mass is 16.6. The summed E-state index contributed by atoms with van der Waals surface area (Å²) >= 11 is 0. The van der Waals surface area contributed by atoms with E-state index in [0.29, 0.717) is 6.54 Å². The fourth-order valence-corrected chi connectivity index (χ4v) is 1.36. The monoisotopic (exact) mass is 230 g/mol. The molecule has 0 amide bonds. The average molecular weight is 230 g/mol.